The largest absolute Gasteiger partial charge is 0.474 e. The molecule has 2 aliphatic heterocycles. The molecule has 0 spiro atoms. The van der Waals surface area contributed by atoms with E-state index in [-0.39, 0.29) is 63.3 Å². The third-order valence-electron chi connectivity index (χ3n) is 10.4. The lowest BCUT2D eigenvalue weighted by Gasteiger charge is -2.51. The normalized spacial score (nSPS) is 20.3. The zero-order valence-electron chi connectivity index (χ0n) is 30.1. The molecule has 2 amide bonds. The average molecular weight is 777 g/mol. The molecule has 2 aromatic heterocycles. The van der Waals surface area contributed by atoms with Crippen molar-refractivity contribution in [2.24, 2.45) is 0 Å². The topological polar surface area (TPSA) is 104 Å². The van der Waals surface area contributed by atoms with Crippen molar-refractivity contribution >= 4 is 28.9 Å². The van der Waals surface area contributed by atoms with Crippen LogP contribution < -0.4 is 4.74 Å². The Hall–Kier alpha value is -4.45. The molecule has 1 aromatic carbocycles. The fourth-order valence-corrected chi connectivity index (χ4v) is 8.45. The molecule has 0 bridgehead atoms. The summed E-state index contributed by atoms with van der Waals surface area (Å²) in [6.07, 6.45) is -4.95. The van der Waals surface area contributed by atoms with E-state index in [4.69, 9.17) is 4.74 Å². The molecule has 54 heavy (non-hydrogen) atoms. The smallest absolute Gasteiger partial charge is 0.425 e. The maximum absolute atomic E-state index is 15.0. The second kappa shape index (κ2) is 16.5. The molecule has 290 valence electrons. The summed E-state index contributed by atoms with van der Waals surface area (Å²) in [6, 6.07) is 11.5. The number of carbonyl (C=O) groups is 3. The molecule has 3 aromatic rings. The highest BCUT2D eigenvalue weighted by Crippen LogP contribution is 2.44. The van der Waals surface area contributed by atoms with Crippen LogP contribution in [0.4, 0.5) is 26.3 Å². The molecule has 8 nitrogen and oxygen atoms in total. The van der Waals surface area contributed by atoms with E-state index in [1.165, 1.54) is 4.90 Å². The van der Waals surface area contributed by atoms with Gasteiger partial charge in [0.25, 0.3) is 11.8 Å². The maximum atomic E-state index is 15.0. The molecule has 2 saturated heterocycles. The quantitative estimate of drug-likeness (QED) is 0.135. The van der Waals surface area contributed by atoms with Crippen LogP contribution in [0.15, 0.2) is 54.0 Å². The van der Waals surface area contributed by atoms with Gasteiger partial charge in [0, 0.05) is 50.1 Å². The Morgan fingerprint density at radius 2 is 1.72 bits per heavy atom. The van der Waals surface area contributed by atoms with Crippen LogP contribution in [0.25, 0.3) is 0 Å². The Labute approximate surface area is 314 Å². The molecule has 5 rings (SSSR count). The van der Waals surface area contributed by atoms with Gasteiger partial charge in [-0.3, -0.25) is 14.6 Å². The highest BCUT2D eigenvalue weighted by atomic mass is 32.1. The van der Waals surface area contributed by atoms with Crippen molar-refractivity contribution in [2.75, 3.05) is 19.6 Å². The fraction of sp³-hybridized carbons (Fsp3) is 0.513. The van der Waals surface area contributed by atoms with Gasteiger partial charge in [-0.25, -0.2) is 0 Å². The van der Waals surface area contributed by atoms with E-state index in [2.05, 4.69) is 11.1 Å². The van der Waals surface area contributed by atoms with Crippen molar-refractivity contribution < 1.29 is 45.5 Å². The number of rotatable bonds is 12. The molecule has 0 radical (unpaired) electrons. The highest BCUT2D eigenvalue weighted by molar-refractivity contribution is 7.10. The third kappa shape index (κ3) is 8.59. The van der Waals surface area contributed by atoms with Crippen LogP contribution in [0.3, 0.4) is 0 Å². The number of likely N-dealkylation sites (tertiary alicyclic amines) is 2. The minimum atomic E-state index is -4.91. The number of pyridine rings is 1. The van der Waals surface area contributed by atoms with Crippen molar-refractivity contribution in [1.82, 2.24) is 14.8 Å². The number of Topliss-reactive ketones (excluding diaryl/α,β-unsaturated/α-hetero) is 1. The van der Waals surface area contributed by atoms with Gasteiger partial charge >= 0.3 is 12.4 Å². The Morgan fingerprint density at radius 1 is 1.00 bits per heavy atom. The molecule has 0 saturated carbocycles. The Balaban J connectivity index is 1.50. The maximum Gasteiger partial charge on any atom is 0.425 e. The van der Waals surface area contributed by atoms with Crippen LogP contribution in [0.1, 0.15) is 104 Å². The molecule has 0 aliphatic carbocycles. The Bertz CT molecular complexity index is 1860. The summed E-state index contributed by atoms with van der Waals surface area (Å²) in [6.45, 7) is 3.44. The summed E-state index contributed by atoms with van der Waals surface area (Å²) >= 11 is 0.381. The van der Waals surface area contributed by atoms with E-state index >= 15 is 0 Å². The first-order valence-corrected chi connectivity index (χ1v) is 18.9. The Kier molecular flexibility index (Phi) is 12.4. The number of benzene rings is 1. The second-order valence-electron chi connectivity index (χ2n) is 14.0. The van der Waals surface area contributed by atoms with Gasteiger partial charge < -0.3 is 19.3 Å². The first kappa shape index (κ1) is 40.7. The number of thiophene rings is 1. The minimum Gasteiger partial charge on any atom is -0.474 e. The number of hydrogen-bond acceptors (Lipinski definition) is 7. The van der Waals surface area contributed by atoms with Gasteiger partial charge in [0.1, 0.15) is 22.1 Å². The van der Waals surface area contributed by atoms with E-state index in [1.807, 2.05) is 24.3 Å². The van der Waals surface area contributed by atoms with Gasteiger partial charge in [0.05, 0.1) is 23.1 Å². The second-order valence-corrected chi connectivity index (χ2v) is 14.9. The SMILES string of the molecule is CCC[C@H]1N(C(=O)c2ncccc2C(F)(F)F)CCC[C@@]1(Oc1csc(C(F)(F)F)c1)C(=O)N1CCC(C#N)(c2ccccc2CCCCC(C)=O)CC1. The van der Waals surface area contributed by atoms with Crippen LogP contribution in [-0.2, 0) is 33.8 Å². The molecular formula is C39H42F6N4O4S. The van der Waals surface area contributed by atoms with E-state index in [0.29, 0.717) is 37.0 Å². The standard InChI is InChI=1S/C39H42F6N4O4S/c1-3-10-31-37(53-28-23-32(54-24-28)39(43,44)45,16-9-20-49(31)34(51)33-30(38(40,41)42)15-8-19-47-33)35(52)48-21-17-36(25-46,18-22-48)29-14-7-6-13-27(29)12-5-4-11-26(2)50/h6-8,13-15,19,23-24,31H,3-5,9-12,16-18,20-22H2,1-2H3/t31-,37+/m1/s1. The average Bonchev–Trinajstić information content (AvgIpc) is 3.63. The molecule has 2 aliphatic rings. The number of alkyl halides is 6. The predicted octanol–water partition coefficient (Wildman–Crippen LogP) is 8.79. The number of carbonyl (C=O) groups excluding carboxylic acids is 3. The molecule has 2 fully saturated rings. The molecular weight excluding hydrogens is 735 g/mol. The Morgan fingerprint density at radius 3 is 2.35 bits per heavy atom. The van der Waals surface area contributed by atoms with E-state index in [1.54, 1.807) is 13.8 Å². The van der Waals surface area contributed by atoms with Crippen molar-refractivity contribution in [3.63, 3.8) is 0 Å². The lowest BCUT2D eigenvalue weighted by molar-refractivity contribution is -0.160. The molecule has 0 unspecified atom stereocenters. The zero-order chi connectivity index (χ0) is 39.3. The van der Waals surface area contributed by atoms with Crippen LogP contribution in [-0.4, -0.2) is 63.7 Å². The molecule has 2 atom stereocenters. The van der Waals surface area contributed by atoms with Gasteiger partial charge in [0.15, 0.2) is 0 Å². The summed E-state index contributed by atoms with van der Waals surface area (Å²) in [5.41, 5.74) is -3.20. The van der Waals surface area contributed by atoms with Crippen molar-refractivity contribution in [3.8, 4) is 11.8 Å². The number of hydrogen-bond donors (Lipinski definition) is 0. The van der Waals surface area contributed by atoms with Gasteiger partial charge in [-0.1, -0.05) is 37.6 Å². The number of ketones is 1. The number of amides is 2. The monoisotopic (exact) mass is 776 g/mol. The number of nitrogens with zero attached hydrogens (tertiary/aromatic N) is 4. The molecule has 0 N–H and O–H groups in total. The van der Waals surface area contributed by atoms with Crippen LogP contribution >= 0.6 is 11.3 Å². The summed E-state index contributed by atoms with van der Waals surface area (Å²) in [5, 5.41) is 11.7. The third-order valence-corrected chi connectivity index (χ3v) is 11.3. The molecule has 4 heterocycles. The summed E-state index contributed by atoms with van der Waals surface area (Å²) < 4.78 is 89.6. The minimum absolute atomic E-state index is 0.0190. The number of ether oxygens (including phenoxy) is 1. The highest BCUT2D eigenvalue weighted by Gasteiger charge is 2.57. The van der Waals surface area contributed by atoms with Crippen LogP contribution in [0, 0.1) is 11.3 Å². The van der Waals surface area contributed by atoms with Gasteiger partial charge in [-0.05, 0) is 75.1 Å². The van der Waals surface area contributed by atoms with Crippen molar-refractivity contribution in [1.29, 1.82) is 5.26 Å². The first-order chi connectivity index (χ1) is 25.6. The lowest BCUT2D eigenvalue weighted by atomic mass is 9.71. The van der Waals surface area contributed by atoms with Crippen molar-refractivity contribution in [2.45, 2.75) is 107 Å². The summed E-state index contributed by atoms with van der Waals surface area (Å²) in [7, 11) is 0. The fourth-order valence-electron chi connectivity index (χ4n) is 7.77. The number of piperidine rings is 2. The van der Waals surface area contributed by atoms with Crippen molar-refractivity contribution in [3.05, 3.63) is 81.3 Å². The summed E-state index contributed by atoms with van der Waals surface area (Å²) in [4.78, 5) is 46.0. The van der Waals surface area contributed by atoms with E-state index in [9.17, 15) is 46.0 Å². The van der Waals surface area contributed by atoms with Gasteiger partial charge in [0.2, 0.25) is 5.60 Å². The van der Waals surface area contributed by atoms with Crippen LogP contribution in [0.2, 0.25) is 0 Å². The number of nitriles is 1. The van der Waals surface area contributed by atoms with Crippen LogP contribution in [0.5, 0.6) is 5.75 Å². The first-order valence-electron chi connectivity index (χ1n) is 18.0. The van der Waals surface area contributed by atoms with E-state index in [0.717, 1.165) is 52.2 Å². The zero-order valence-corrected chi connectivity index (χ0v) is 30.9. The number of unbranched alkanes of at least 4 members (excludes halogenated alkanes) is 1. The molecule has 15 heteroatoms. The number of aryl methyl sites for hydroxylation is 1. The lowest BCUT2D eigenvalue weighted by Crippen LogP contribution is -2.68. The van der Waals surface area contributed by atoms with Gasteiger partial charge in [-0.15, -0.1) is 11.3 Å². The number of halogens is 6. The van der Waals surface area contributed by atoms with E-state index < -0.39 is 57.4 Å². The number of aromatic nitrogens is 1. The van der Waals surface area contributed by atoms with Gasteiger partial charge in [-0.2, -0.15) is 31.6 Å². The summed E-state index contributed by atoms with van der Waals surface area (Å²) in [5.74, 6) is -1.82. The predicted molar refractivity (Wildman–Crippen MR) is 189 cm³/mol.